The van der Waals surface area contributed by atoms with Gasteiger partial charge < -0.3 is 8.92 Å². The van der Waals surface area contributed by atoms with Crippen LogP contribution in [0, 0.1) is 13.8 Å². The zero-order valence-corrected chi connectivity index (χ0v) is 22.9. The van der Waals surface area contributed by atoms with Crippen molar-refractivity contribution in [2.45, 2.75) is 18.7 Å². The number of benzene rings is 4. The van der Waals surface area contributed by atoms with Crippen molar-refractivity contribution in [2.75, 3.05) is 13.2 Å². The average molecular weight is 560 g/mol. The number of hydrogen-bond donors (Lipinski definition) is 0. The van der Waals surface area contributed by atoms with Crippen molar-refractivity contribution in [2.24, 2.45) is 0 Å². The first-order valence-corrected chi connectivity index (χ1v) is 14.4. The Morgan fingerprint density at radius 1 is 0.846 bits per heavy atom. The predicted molar refractivity (Wildman–Crippen MR) is 152 cm³/mol. The van der Waals surface area contributed by atoms with Crippen LogP contribution in [0.2, 0.25) is 0 Å². The minimum Gasteiger partial charge on any atom is -0.492 e. The lowest BCUT2D eigenvalue weighted by molar-refractivity contribution is -0.123. The molecule has 198 valence electrons. The van der Waals surface area contributed by atoms with Crippen LogP contribution in [0.15, 0.2) is 94.7 Å². The molecule has 1 aliphatic rings. The number of fused-ring (bicyclic) bond motifs is 1. The third-order valence-corrected chi connectivity index (χ3v) is 8.35. The van der Waals surface area contributed by atoms with Crippen molar-refractivity contribution in [3.8, 4) is 11.5 Å². The minimum absolute atomic E-state index is 0.0149. The second kappa shape index (κ2) is 11.0. The van der Waals surface area contributed by atoms with E-state index in [4.69, 9.17) is 8.92 Å². The number of rotatable bonds is 8. The zero-order chi connectivity index (χ0) is 27.6. The molecule has 1 aliphatic heterocycles. The van der Waals surface area contributed by atoms with Gasteiger partial charge in [-0.1, -0.05) is 65.7 Å². The molecule has 4 aromatic rings. The maximum Gasteiger partial charge on any atom is 0.339 e. The van der Waals surface area contributed by atoms with Gasteiger partial charge in [0.05, 0.1) is 11.4 Å². The van der Waals surface area contributed by atoms with Gasteiger partial charge in [-0.25, -0.2) is 0 Å². The topological polar surface area (TPSA) is 90.0 Å². The molecular formula is C30H25NO6S2. The van der Waals surface area contributed by atoms with Gasteiger partial charge in [0.15, 0.2) is 5.75 Å². The first-order chi connectivity index (χ1) is 18.7. The van der Waals surface area contributed by atoms with Crippen molar-refractivity contribution < 1.29 is 26.9 Å². The molecule has 0 spiro atoms. The number of imide groups is 1. The Labute approximate surface area is 231 Å². The van der Waals surface area contributed by atoms with E-state index in [9.17, 15) is 18.0 Å². The summed E-state index contributed by atoms with van der Waals surface area (Å²) in [5.41, 5.74) is 2.41. The number of nitrogens with zero attached hydrogens (tertiary/aromatic N) is 1. The summed E-state index contributed by atoms with van der Waals surface area (Å²) in [6.07, 6.45) is 1.52. The second-order valence-corrected chi connectivity index (χ2v) is 11.6. The molecule has 0 saturated carbocycles. The highest BCUT2D eigenvalue weighted by Gasteiger charge is 2.35. The van der Waals surface area contributed by atoms with Crippen LogP contribution in [0.4, 0.5) is 4.79 Å². The summed E-state index contributed by atoms with van der Waals surface area (Å²) in [5.74, 6) is 0.233. The lowest BCUT2D eigenvalue weighted by Gasteiger charge is -2.14. The van der Waals surface area contributed by atoms with E-state index in [-0.39, 0.29) is 28.7 Å². The van der Waals surface area contributed by atoms with Crippen molar-refractivity contribution in [3.63, 3.8) is 0 Å². The molecule has 39 heavy (non-hydrogen) atoms. The van der Waals surface area contributed by atoms with E-state index >= 15 is 0 Å². The first-order valence-electron chi connectivity index (χ1n) is 12.2. The van der Waals surface area contributed by atoms with Crippen molar-refractivity contribution in [1.29, 1.82) is 0 Å². The molecule has 0 bridgehead atoms. The molecule has 5 rings (SSSR count). The molecular weight excluding hydrogens is 534 g/mol. The minimum atomic E-state index is -4.15. The average Bonchev–Trinajstić information content (AvgIpc) is 3.18. The number of thioether (sulfide) groups is 1. The Morgan fingerprint density at radius 3 is 2.23 bits per heavy atom. The second-order valence-electron chi connectivity index (χ2n) is 9.04. The summed E-state index contributed by atoms with van der Waals surface area (Å²) >= 11 is 0.796. The van der Waals surface area contributed by atoms with Crippen LogP contribution < -0.4 is 8.92 Å². The Kier molecular flexibility index (Phi) is 7.45. The van der Waals surface area contributed by atoms with E-state index in [1.807, 2.05) is 62.4 Å². The molecule has 1 saturated heterocycles. The monoisotopic (exact) mass is 559 g/mol. The van der Waals surface area contributed by atoms with Gasteiger partial charge in [0.25, 0.3) is 11.1 Å². The van der Waals surface area contributed by atoms with E-state index in [0.717, 1.165) is 33.2 Å². The fraction of sp³-hybridized carbons (Fsp3) is 0.133. The van der Waals surface area contributed by atoms with E-state index < -0.39 is 21.3 Å². The van der Waals surface area contributed by atoms with Gasteiger partial charge in [0.1, 0.15) is 17.3 Å². The number of carbonyl (C=O) groups excluding carboxylic acids is 2. The quantitative estimate of drug-likeness (QED) is 0.184. The largest absolute Gasteiger partial charge is 0.492 e. The molecule has 1 heterocycles. The third-order valence-electron chi connectivity index (χ3n) is 6.19. The third kappa shape index (κ3) is 5.84. The molecule has 2 amide bonds. The van der Waals surface area contributed by atoms with Gasteiger partial charge in [-0.3, -0.25) is 14.5 Å². The SMILES string of the molecule is Cc1ccc(OCCN2C(=O)S/C(=C\c3c(OS(=O)(=O)c4ccc(C)cc4)ccc4ccccc34)C2=O)cc1. The van der Waals surface area contributed by atoms with Gasteiger partial charge in [0.2, 0.25) is 0 Å². The van der Waals surface area contributed by atoms with Crippen LogP contribution in [0.5, 0.6) is 11.5 Å². The smallest absolute Gasteiger partial charge is 0.339 e. The Bertz CT molecular complexity index is 1690. The summed E-state index contributed by atoms with van der Waals surface area (Å²) < 4.78 is 37.4. The maximum atomic E-state index is 13.2. The summed E-state index contributed by atoms with van der Waals surface area (Å²) in [7, 11) is -4.15. The molecule has 4 aromatic carbocycles. The van der Waals surface area contributed by atoms with Crippen LogP contribution in [0.3, 0.4) is 0 Å². The predicted octanol–water partition coefficient (Wildman–Crippen LogP) is 6.34. The van der Waals surface area contributed by atoms with Crippen molar-refractivity contribution in [1.82, 2.24) is 4.90 Å². The molecule has 0 atom stereocenters. The lowest BCUT2D eigenvalue weighted by atomic mass is 10.0. The number of ether oxygens (including phenoxy) is 1. The van der Waals surface area contributed by atoms with E-state index in [1.54, 1.807) is 24.3 Å². The Balaban J connectivity index is 1.43. The maximum absolute atomic E-state index is 13.2. The van der Waals surface area contributed by atoms with Crippen LogP contribution in [0.25, 0.3) is 16.8 Å². The molecule has 1 fully saturated rings. The highest BCUT2D eigenvalue weighted by Crippen LogP contribution is 2.37. The molecule has 0 N–H and O–H groups in total. The van der Waals surface area contributed by atoms with Crippen molar-refractivity contribution >= 4 is 49.9 Å². The van der Waals surface area contributed by atoms with Gasteiger partial charge in [-0.05, 0) is 72.8 Å². The van der Waals surface area contributed by atoms with E-state index in [0.29, 0.717) is 16.7 Å². The number of amides is 2. The summed E-state index contributed by atoms with van der Waals surface area (Å²) in [6, 6.07) is 24.5. The van der Waals surface area contributed by atoms with Gasteiger partial charge in [0, 0.05) is 5.56 Å². The van der Waals surface area contributed by atoms with E-state index in [1.165, 1.54) is 18.2 Å². The van der Waals surface area contributed by atoms with Crippen LogP contribution in [0.1, 0.15) is 16.7 Å². The number of hydrogen-bond acceptors (Lipinski definition) is 7. The van der Waals surface area contributed by atoms with E-state index in [2.05, 4.69) is 0 Å². The van der Waals surface area contributed by atoms with Crippen LogP contribution >= 0.6 is 11.8 Å². The molecule has 0 aliphatic carbocycles. The standard InChI is InChI=1S/C30H25NO6S2/c1-20-7-12-23(13-8-20)36-18-17-31-29(32)28(38-30(31)33)19-26-25-6-4-3-5-22(25)11-16-27(26)37-39(34,35)24-14-9-21(2)10-15-24/h3-16,19H,17-18H2,1-2H3/b28-19-. The first kappa shape index (κ1) is 26.5. The Hall–Kier alpha value is -4.08. The number of aryl methyl sites for hydroxylation is 2. The summed E-state index contributed by atoms with van der Waals surface area (Å²) in [4.78, 5) is 27.2. The van der Waals surface area contributed by atoms with Gasteiger partial charge >= 0.3 is 10.1 Å². The fourth-order valence-electron chi connectivity index (χ4n) is 4.08. The summed E-state index contributed by atoms with van der Waals surface area (Å²) in [5, 5.41) is 1.09. The molecule has 0 aromatic heterocycles. The van der Waals surface area contributed by atoms with Crippen molar-refractivity contribution in [3.05, 3.63) is 107 Å². The lowest BCUT2D eigenvalue weighted by Crippen LogP contribution is -2.32. The highest BCUT2D eigenvalue weighted by atomic mass is 32.2. The number of carbonyl (C=O) groups is 2. The van der Waals surface area contributed by atoms with Crippen LogP contribution in [-0.4, -0.2) is 37.6 Å². The highest BCUT2D eigenvalue weighted by molar-refractivity contribution is 8.18. The Morgan fingerprint density at radius 2 is 1.51 bits per heavy atom. The molecule has 0 radical (unpaired) electrons. The molecule has 9 heteroatoms. The zero-order valence-electron chi connectivity index (χ0n) is 21.3. The summed E-state index contributed by atoms with van der Waals surface area (Å²) in [6.45, 7) is 4.06. The molecule has 0 unspecified atom stereocenters. The van der Waals surface area contributed by atoms with Crippen LogP contribution in [-0.2, 0) is 14.9 Å². The molecule has 7 nitrogen and oxygen atoms in total. The van der Waals surface area contributed by atoms with Gasteiger partial charge in [-0.15, -0.1) is 0 Å². The fourth-order valence-corrected chi connectivity index (χ4v) is 5.88. The normalized spacial score (nSPS) is 14.8. The van der Waals surface area contributed by atoms with Gasteiger partial charge in [-0.2, -0.15) is 8.42 Å².